The standard InChI is InChI=1S/C15H21N3O3/c1-17-14(19)12-7-4-8-18(12)9-10-5-3-6-11(16)13(10)15(20)21-2/h3,5-6,12H,4,7-9,16H2,1-2H3,(H,17,19). The molecule has 0 bridgehead atoms. The van der Waals surface area contributed by atoms with Crippen LogP contribution < -0.4 is 11.1 Å². The van der Waals surface area contributed by atoms with Crippen LogP contribution in [0.5, 0.6) is 0 Å². The van der Waals surface area contributed by atoms with E-state index in [4.69, 9.17) is 10.5 Å². The molecule has 1 heterocycles. The number of benzene rings is 1. The van der Waals surface area contributed by atoms with Gasteiger partial charge in [-0.2, -0.15) is 0 Å². The summed E-state index contributed by atoms with van der Waals surface area (Å²) in [5.74, 6) is -0.435. The number of amides is 1. The maximum absolute atomic E-state index is 11.9. The third-order valence-corrected chi connectivity index (χ3v) is 3.86. The van der Waals surface area contributed by atoms with Gasteiger partial charge in [0.05, 0.1) is 18.7 Å². The number of nitrogens with two attached hydrogens (primary N) is 1. The van der Waals surface area contributed by atoms with Crippen molar-refractivity contribution in [3.8, 4) is 0 Å². The van der Waals surface area contributed by atoms with Crippen LogP contribution in [0.15, 0.2) is 18.2 Å². The van der Waals surface area contributed by atoms with Crippen LogP contribution in [0.2, 0.25) is 0 Å². The van der Waals surface area contributed by atoms with E-state index in [0.717, 1.165) is 24.9 Å². The maximum Gasteiger partial charge on any atom is 0.340 e. The Labute approximate surface area is 124 Å². The molecule has 1 aliphatic heterocycles. The highest BCUT2D eigenvalue weighted by molar-refractivity contribution is 5.96. The van der Waals surface area contributed by atoms with Crippen LogP contribution in [0.4, 0.5) is 5.69 Å². The quantitative estimate of drug-likeness (QED) is 0.632. The highest BCUT2D eigenvalue weighted by Gasteiger charge is 2.31. The lowest BCUT2D eigenvalue weighted by Crippen LogP contribution is -2.41. The number of carbonyl (C=O) groups excluding carboxylic acids is 2. The Bertz CT molecular complexity index is 545. The van der Waals surface area contributed by atoms with Crippen molar-refractivity contribution in [2.75, 3.05) is 26.4 Å². The molecular weight excluding hydrogens is 270 g/mol. The monoisotopic (exact) mass is 291 g/mol. The van der Waals surface area contributed by atoms with Gasteiger partial charge in [-0.3, -0.25) is 9.69 Å². The average molecular weight is 291 g/mol. The molecule has 1 aromatic carbocycles. The number of carbonyl (C=O) groups is 2. The summed E-state index contributed by atoms with van der Waals surface area (Å²) >= 11 is 0. The van der Waals surface area contributed by atoms with Crippen LogP contribution in [-0.2, 0) is 16.1 Å². The third kappa shape index (κ3) is 3.16. The van der Waals surface area contributed by atoms with Crippen molar-refractivity contribution < 1.29 is 14.3 Å². The molecule has 0 aromatic heterocycles. The van der Waals surface area contributed by atoms with Gasteiger partial charge in [-0.1, -0.05) is 12.1 Å². The van der Waals surface area contributed by atoms with Gasteiger partial charge in [-0.05, 0) is 31.0 Å². The fraction of sp³-hybridized carbons (Fsp3) is 0.467. The summed E-state index contributed by atoms with van der Waals surface area (Å²) in [5.41, 5.74) is 7.47. The molecule has 1 saturated heterocycles. The summed E-state index contributed by atoms with van der Waals surface area (Å²) in [6.07, 6.45) is 1.80. The topological polar surface area (TPSA) is 84.7 Å². The second kappa shape index (κ2) is 6.58. The van der Waals surface area contributed by atoms with Crippen LogP contribution in [-0.4, -0.2) is 43.5 Å². The Hall–Kier alpha value is -2.08. The zero-order valence-corrected chi connectivity index (χ0v) is 12.4. The molecule has 1 amide bonds. The number of hydrogen-bond donors (Lipinski definition) is 2. The van der Waals surface area contributed by atoms with E-state index in [1.807, 2.05) is 12.1 Å². The van der Waals surface area contributed by atoms with E-state index in [-0.39, 0.29) is 11.9 Å². The van der Waals surface area contributed by atoms with Gasteiger partial charge in [0, 0.05) is 19.3 Å². The van der Waals surface area contributed by atoms with Crippen LogP contribution in [0, 0.1) is 0 Å². The fourth-order valence-corrected chi connectivity index (χ4v) is 2.80. The fourth-order valence-electron chi connectivity index (χ4n) is 2.80. The number of likely N-dealkylation sites (N-methyl/N-ethyl adjacent to an activating group) is 1. The lowest BCUT2D eigenvalue weighted by Gasteiger charge is -2.24. The predicted molar refractivity (Wildman–Crippen MR) is 79.7 cm³/mol. The summed E-state index contributed by atoms with van der Waals surface area (Å²) in [6, 6.07) is 5.18. The molecule has 0 aliphatic carbocycles. The summed E-state index contributed by atoms with van der Waals surface area (Å²) in [4.78, 5) is 25.9. The van der Waals surface area contributed by atoms with E-state index in [1.54, 1.807) is 13.1 Å². The van der Waals surface area contributed by atoms with E-state index >= 15 is 0 Å². The molecule has 1 aromatic rings. The van der Waals surface area contributed by atoms with Crippen molar-refractivity contribution in [3.63, 3.8) is 0 Å². The molecule has 2 rings (SSSR count). The van der Waals surface area contributed by atoms with E-state index in [0.29, 0.717) is 17.8 Å². The first kappa shape index (κ1) is 15.3. The van der Waals surface area contributed by atoms with E-state index < -0.39 is 5.97 Å². The Morgan fingerprint density at radius 2 is 2.24 bits per heavy atom. The van der Waals surface area contributed by atoms with Gasteiger partial charge in [0.25, 0.3) is 0 Å². The Kier molecular flexibility index (Phi) is 4.80. The number of nitrogens with one attached hydrogen (secondary N) is 1. The van der Waals surface area contributed by atoms with Crippen LogP contribution in [0.25, 0.3) is 0 Å². The van der Waals surface area contributed by atoms with E-state index in [1.165, 1.54) is 7.11 Å². The molecular formula is C15H21N3O3. The largest absolute Gasteiger partial charge is 0.465 e. The predicted octanol–water partition coefficient (Wildman–Crippen LogP) is 0.766. The minimum atomic E-state index is -0.446. The van der Waals surface area contributed by atoms with Crippen molar-refractivity contribution in [2.24, 2.45) is 0 Å². The summed E-state index contributed by atoms with van der Waals surface area (Å²) in [5, 5.41) is 2.69. The Morgan fingerprint density at radius 3 is 2.90 bits per heavy atom. The molecule has 6 heteroatoms. The molecule has 6 nitrogen and oxygen atoms in total. The summed E-state index contributed by atoms with van der Waals surface area (Å²) in [7, 11) is 2.97. The first-order valence-electron chi connectivity index (χ1n) is 6.99. The van der Waals surface area contributed by atoms with Gasteiger partial charge in [-0.15, -0.1) is 0 Å². The number of ether oxygens (including phenoxy) is 1. The van der Waals surface area contributed by atoms with Gasteiger partial charge >= 0.3 is 5.97 Å². The van der Waals surface area contributed by atoms with Crippen molar-refractivity contribution in [1.29, 1.82) is 0 Å². The van der Waals surface area contributed by atoms with Gasteiger partial charge in [-0.25, -0.2) is 4.79 Å². The number of anilines is 1. The molecule has 1 fully saturated rings. The first-order chi connectivity index (χ1) is 10.1. The molecule has 1 atom stereocenters. The van der Waals surface area contributed by atoms with Crippen LogP contribution in [0.3, 0.4) is 0 Å². The molecule has 0 saturated carbocycles. The molecule has 3 N–H and O–H groups in total. The number of esters is 1. The Morgan fingerprint density at radius 1 is 1.48 bits per heavy atom. The van der Waals surface area contributed by atoms with Crippen LogP contribution in [0.1, 0.15) is 28.8 Å². The number of hydrogen-bond acceptors (Lipinski definition) is 5. The smallest absolute Gasteiger partial charge is 0.340 e. The van der Waals surface area contributed by atoms with Crippen molar-refractivity contribution in [2.45, 2.75) is 25.4 Å². The number of rotatable bonds is 4. The minimum Gasteiger partial charge on any atom is -0.465 e. The second-order valence-corrected chi connectivity index (χ2v) is 5.12. The van der Waals surface area contributed by atoms with Gasteiger partial charge in [0.15, 0.2) is 0 Å². The van der Waals surface area contributed by atoms with Crippen molar-refractivity contribution in [3.05, 3.63) is 29.3 Å². The summed E-state index contributed by atoms with van der Waals surface area (Å²) < 4.78 is 4.80. The lowest BCUT2D eigenvalue weighted by atomic mass is 10.0. The number of likely N-dealkylation sites (tertiary alicyclic amines) is 1. The van der Waals surface area contributed by atoms with E-state index in [9.17, 15) is 9.59 Å². The molecule has 0 spiro atoms. The van der Waals surface area contributed by atoms with Crippen molar-refractivity contribution >= 4 is 17.6 Å². The van der Waals surface area contributed by atoms with Gasteiger partial charge in [0.2, 0.25) is 5.91 Å². The van der Waals surface area contributed by atoms with Gasteiger partial charge in [0.1, 0.15) is 0 Å². The number of nitrogens with zero attached hydrogens (tertiary/aromatic N) is 1. The highest BCUT2D eigenvalue weighted by atomic mass is 16.5. The zero-order chi connectivity index (χ0) is 15.4. The highest BCUT2D eigenvalue weighted by Crippen LogP contribution is 2.24. The maximum atomic E-state index is 11.9. The third-order valence-electron chi connectivity index (χ3n) is 3.86. The lowest BCUT2D eigenvalue weighted by molar-refractivity contribution is -0.125. The minimum absolute atomic E-state index is 0.0102. The van der Waals surface area contributed by atoms with Gasteiger partial charge < -0.3 is 15.8 Å². The molecule has 0 radical (unpaired) electrons. The van der Waals surface area contributed by atoms with E-state index in [2.05, 4.69) is 10.2 Å². The Balaban J connectivity index is 2.25. The summed E-state index contributed by atoms with van der Waals surface area (Å²) in [6.45, 7) is 1.33. The average Bonchev–Trinajstić information content (AvgIpc) is 2.94. The molecule has 1 unspecified atom stereocenters. The van der Waals surface area contributed by atoms with Crippen molar-refractivity contribution in [1.82, 2.24) is 10.2 Å². The SMILES string of the molecule is CNC(=O)C1CCCN1Cc1cccc(N)c1C(=O)OC. The van der Waals surface area contributed by atoms with Crippen LogP contribution >= 0.6 is 0 Å². The number of nitrogen functional groups attached to an aromatic ring is 1. The second-order valence-electron chi connectivity index (χ2n) is 5.12. The molecule has 114 valence electrons. The molecule has 1 aliphatic rings. The molecule has 21 heavy (non-hydrogen) atoms. The first-order valence-corrected chi connectivity index (χ1v) is 6.99. The normalized spacial score (nSPS) is 18.5. The zero-order valence-electron chi connectivity index (χ0n) is 12.4. The number of methoxy groups -OCH3 is 1.